The van der Waals surface area contributed by atoms with Gasteiger partial charge in [0.1, 0.15) is 11.5 Å². The minimum absolute atomic E-state index is 0.0913. The predicted octanol–water partition coefficient (Wildman–Crippen LogP) is 8.30. The first-order valence-corrected chi connectivity index (χ1v) is 13.3. The lowest BCUT2D eigenvalue weighted by molar-refractivity contribution is -0.137. The molecule has 0 bridgehead atoms. The minimum Gasteiger partial charge on any atom is -0.457 e. The summed E-state index contributed by atoms with van der Waals surface area (Å²) in [5.41, 5.74) is 2.76. The highest BCUT2D eigenvalue weighted by atomic mass is 19.4. The van der Waals surface area contributed by atoms with Gasteiger partial charge in [0.2, 0.25) is 0 Å². The molecule has 0 saturated carbocycles. The molecule has 1 N–H and O–H groups in total. The maximum absolute atomic E-state index is 13.1. The Morgan fingerprint density at radius 2 is 1.58 bits per heavy atom. The fourth-order valence-corrected chi connectivity index (χ4v) is 4.52. The number of nitrogens with one attached hydrogen (secondary N) is 1. The number of hydrogen-bond donors (Lipinski definition) is 1. The zero-order valence-electron chi connectivity index (χ0n) is 22.8. The van der Waals surface area contributed by atoms with Gasteiger partial charge in [0.15, 0.2) is 28.6 Å². The highest BCUT2D eigenvalue weighted by molar-refractivity contribution is 5.95. The van der Waals surface area contributed by atoms with Crippen molar-refractivity contribution >= 4 is 28.5 Å². The largest absolute Gasteiger partial charge is 0.457 e. The molecule has 43 heavy (non-hydrogen) atoms. The van der Waals surface area contributed by atoms with Crippen LogP contribution in [0.4, 0.5) is 24.7 Å². The maximum atomic E-state index is 13.1. The van der Waals surface area contributed by atoms with Crippen LogP contribution in [0, 0.1) is 0 Å². The van der Waals surface area contributed by atoms with Crippen molar-refractivity contribution < 1.29 is 22.7 Å². The third-order valence-corrected chi connectivity index (χ3v) is 6.72. The molecule has 4 aromatic carbocycles. The number of halogens is 3. The van der Waals surface area contributed by atoms with E-state index in [1.54, 1.807) is 29.1 Å². The number of ketones is 1. The Kier molecular flexibility index (Phi) is 7.33. The van der Waals surface area contributed by atoms with Crippen molar-refractivity contribution in [1.82, 2.24) is 19.5 Å². The second-order valence-electron chi connectivity index (χ2n) is 9.84. The molecule has 214 valence electrons. The summed E-state index contributed by atoms with van der Waals surface area (Å²) >= 11 is 0. The summed E-state index contributed by atoms with van der Waals surface area (Å²) < 4.78 is 46.8. The first kappa shape index (κ1) is 27.6. The van der Waals surface area contributed by atoms with Crippen LogP contribution in [0.3, 0.4) is 0 Å². The van der Waals surface area contributed by atoms with E-state index < -0.39 is 11.7 Å². The van der Waals surface area contributed by atoms with Gasteiger partial charge in [-0.05, 0) is 67.1 Å². The molecule has 7 nitrogen and oxygen atoms in total. The van der Waals surface area contributed by atoms with Gasteiger partial charge in [-0.1, -0.05) is 48.5 Å². The van der Waals surface area contributed by atoms with Gasteiger partial charge in [0, 0.05) is 16.8 Å². The number of aromatic nitrogens is 4. The number of anilines is 2. The van der Waals surface area contributed by atoms with Crippen LogP contribution >= 0.6 is 0 Å². The summed E-state index contributed by atoms with van der Waals surface area (Å²) in [7, 11) is 0. The van der Waals surface area contributed by atoms with Gasteiger partial charge >= 0.3 is 6.18 Å². The standard InChI is InChI=1S/C33H24F3N5O2/c1-21(42)23-6-5-7-24(18-23)30-39-31(38-26-14-16-28(17-15-26)43-27-8-3-2-4-9-27)29-32(40-30)41(20-37-29)19-22-10-12-25(13-11-22)33(34,35)36/h2-18,20H,19H2,1H3,(H,38,39,40). The zero-order valence-corrected chi connectivity index (χ0v) is 22.8. The molecule has 2 heterocycles. The average Bonchev–Trinajstić information content (AvgIpc) is 3.41. The lowest BCUT2D eigenvalue weighted by Crippen LogP contribution is -2.06. The van der Waals surface area contributed by atoms with Crippen LogP contribution < -0.4 is 10.1 Å². The summed E-state index contributed by atoms with van der Waals surface area (Å²) in [4.78, 5) is 26.1. The quantitative estimate of drug-likeness (QED) is 0.183. The van der Waals surface area contributed by atoms with E-state index in [9.17, 15) is 18.0 Å². The first-order chi connectivity index (χ1) is 20.7. The summed E-state index contributed by atoms with van der Waals surface area (Å²) in [5, 5.41) is 3.31. The summed E-state index contributed by atoms with van der Waals surface area (Å²) in [6, 6.07) is 28.8. The van der Waals surface area contributed by atoms with Gasteiger partial charge in [-0.3, -0.25) is 4.79 Å². The van der Waals surface area contributed by atoms with Crippen LogP contribution in [0.1, 0.15) is 28.4 Å². The van der Waals surface area contributed by atoms with E-state index >= 15 is 0 Å². The van der Waals surface area contributed by atoms with Crippen molar-refractivity contribution in [2.75, 3.05) is 5.32 Å². The predicted molar refractivity (Wildman–Crippen MR) is 158 cm³/mol. The molecular weight excluding hydrogens is 555 g/mol. The number of rotatable bonds is 8. The van der Waals surface area contributed by atoms with Crippen LogP contribution in [0.25, 0.3) is 22.6 Å². The number of nitrogens with zero attached hydrogens (tertiary/aromatic N) is 4. The number of alkyl halides is 3. The fourth-order valence-electron chi connectivity index (χ4n) is 4.52. The maximum Gasteiger partial charge on any atom is 0.416 e. The Morgan fingerprint density at radius 3 is 2.28 bits per heavy atom. The van der Waals surface area contributed by atoms with Crippen molar-refractivity contribution in [2.45, 2.75) is 19.6 Å². The van der Waals surface area contributed by atoms with Crippen molar-refractivity contribution in [1.29, 1.82) is 0 Å². The Balaban J connectivity index is 1.36. The van der Waals surface area contributed by atoms with Gasteiger partial charge in [-0.25, -0.2) is 15.0 Å². The zero-order chi connectivity index (χ0) is 30.0. The third-order valence-electron chi connectivity index (χ3n) is 6.72. The fraction of sp³-hybridized carbons (Fsp3) is 0.0909. The number of carbonyl (C=O) groups is 1. The van der Waals surface area contributed by atoms with E-state index in [4.69, 9.17) is 14.7 Å². The molecule has 0 aliphatic heterocycles. The lowest BCUT2D eigenvalue weighted by Gasteiger charge is -2.12. The number of hydrogen-bond acceptors (Lipinski definition) is 6. The minimum atomic E-state index is -4.41. The van der Waals surface area contributed by atoms with E-state index in [-0.39, 0.29) is 12.3 Å². The van der Waals surface area contributed by atoms with E-state index in [2.05, 4.69) is 10.3 Å². The summed E-state index contributed by atoms with van der Waals surface area (Å²) in [6.45, 7) is 1.73. The Morgan fingerprint density at radius 1 is 0.860 bits per heavy atom. The van der Waals surface area contributed by atoms with Crippen LogP contribution in [0.5, 0.6) is 11.5 Å². The molecular formula is C33H24F3N5O2. The molecule has 0 atom stereocenters. The monoisotopic (exact) mass is 579 g/mol. The number of para-hydroxylation sites is 1. The number of benzene rings is 4. The Hall–Kier alpha value is -5.51. The van der Waals surface area contributed by atoms with Gasteiger partial charge in [-0.15, -0.1) is 0 Å². The molecule has 0 aliphatic rings. The topological polar surface area (TPSA) is 81.9 Å². The van der Waals surface area contributed by atoms with E-state index in [0.29, 0.717) is 45.2 Å². The van der Waals surface area contributed by atoms with Gasteiger partial charge in [-0.2, -0.15) is 13.2 Å². The molecule has 0 spiro atoms. The highest BCUT2D eigenvalue weighted by Crippen LogP contribution is 2.31. The highest BCUT2D eigenvalue weighted by Gasteiger charge is 2.30. The van der Waals surface area contributed by atoms with E-state index in [0.717, 1.165) is 23.6 Å². The Bertz CT molecular complexity index is 1900. The number of carbonyl (C=O) groups excluding carboxylic acids is 1. The van der Waals surface area contributed by atoms with Crippen molar-refractivity contribution in [2.24, 2.45) is 0 Å². The second-order valence-corrected chi connectivity index (χ2v) is 9.84. The number of ether oxygens (including phenoxy) is 1. The van der Waals surface area contributed by atoms with Crippen LogP contribution in [-0.4, -0.2) is 25.3 Å². The van der Waals surface area contributed by atoms with E-state index in [1.165, 1.54) is 19.1 Å². The second kappa shape index (κ2) is 11.4. The normalized spacial score (nSPS) is 11.4. The lowest BCUT2D eigenvalue weighted by atomic mass is 10.1. The smallest absolute Gasteiger partial charge is 0.416 e. The molecule has 0 saturated heterocycles. The van der Waals surface area contributed by atoms with Crippen molar-refractivity contribution in [3.05, 3.63) is 126 Å². The molecule has 2 aromatic heterocycles. The molecule has 0 fully saturated rings. The SMILES string of the molecule is CC(=O)c1cccc(-c2nc(Nc3ccc(Oc4ccccc4)cc3)c3ncn(Cc4ccc(C(F)(F)F)cc4)c3n2)c1. The third kappa shape index (κ3) is 6.23. The molecule has 0 aliphatic carbocycles. The summed E-state index contributed by atoms with van der Waals surface area (Å²) in [6.07, 6.45) is -2.84. The van der Waals surface area contributed by atoms with E-state index in [1.807, 2.05) is 60.7 Å². The number of Topliss-reactive ketones (excluding diaryl/α,β-unsaturated/α-hetero) is 1. The molecule has 0 unspecified atom stereocenters. The Labute approximate surface area is 244 Å². The molecule has 0 radical (unpaired) electrons. The molecule has 6 rings (SSSR count). The van der Waals surface area contributed by atoms with Gasteiger partial charge < -0.3 is 14.6 Å². The van der Waals surface area contributed by atoms with Crippen LogP contribution in [0.2, 0.25) is 0 Å². The van der Waals surface area contributed by atoms with Crippen molar-refractivity contribution in [3.8, 4) is 22.9 Å². The first-order valence-electron chi connectivity index (χ1n) is 13.3. The molecule has 0 amide bonds. The number of imidazole rings is 1. The molecule has 10 heteroatoms. The molecule has 6 aromatic rings. The van der Waals surface area contributed by atoms with Crippen LogP contribution in [0.15, 0.2) is 109 Å². The summed E-state index contributed by atoms with van der Waals surface area (Å²) in [5.74, 6) is 2.07. The van der Waals surface area contributed by atoms with Gasteiger partial charge in [0.05, 0.1) is 18.4 Å². The number of fused-ring (bicyclic) bond motifs is 1. The van der Waals surface area contributed by atoms with Crippen LogP contribution in [-0.2, 0) is 12.7 Å². The van der Waals surface area contributed by atoms with Crippen molar-refractivity contribution in [3.63, 3.8) is 0 Å². The van der Waals surface area contributed by atoms with Gasteiger partial charge in [0.25, 0.3) is 0 Å². The average molecular weight is 580 g/mol.